The number of unbranched alkanes of at least 4 members (excludes halogenated alkanes) is 8. The molecule has 1 aromatic rings. The van der Waals surface area contributed by atoms with Gasteiger partial charge in [-0.15, -0.1) is 0 Å². The second-order valence-corrected chi connectivity index (χ2v) is 4.77. The topological polar surface area (TPSA) is 9.23 Å². The minimum absolute atomic E-state index is 0.839. The third-order valence-corrected chi connectivity index (χ3v) is 3.10. The van der Waals surface area contributed by atoms with E-state index in [9.17, 15) is 0 Å². The predicted octanol–water partition coefficient (Wildman–Crippen LogP) is 5.21. The van der Waals surface area contributed by atoms with Gasteiger partial charge in [0, 0.05) is 0 Å². The van der Waals surface area contributed by atoms with E-state index in [4.69, 9.17) is 4.74 Å². The van der Waals surface area contributed by atoms with Crippen LogP contribution >= 0.6 is 0 Å². The van der Waals surface area contributed by atoms with Crippen molar-refractivity contribution in [1.82, 2.24) is 0 Å². The highest BCUT2D eigenvalue weighted by Gasteiger charge is 1.94. The highest BCUT2D eigenvalue weighted by atomic mass is 16.5. The lowest BCUT2D eigenvalue weighted by molar-refractivity contribution is 0.304. The zero-order valence-electron chi connectivity index (χ0n) is 11.5. The van der Waals surface area contributed by atoms with Gasteiger partial charge in [0.1, 0.15) is 5.75 Å². The molecule has 1 heteroatoms. The van der Waals surface area contributed by atoms with Gasteiger partial charge in [0.05, 0.1) is 6.61 Å². The second kappa shape index (κ2) is 11.1. The van der Waals surface area contributed by atoms with E-state index in [1.165, 1.54) is 44.9 Å². The Morgan fingerprint density at radius 2 is 1.39 bits per heavy atom. The molecule has 0 atom stereocenters. The first-order valence-corrected chi connectivity index (χ1v) is 7.31. The monoisotopic (exact) mass is 246 g/mol. The molecule has 1 aromatic carbocycles. The van der Waals surface area contributed by atoms with E-state index in [0.29, 0.717) is 0 Å². The molecule has 0 aliphatic carbocycles. The van der Waals surface area contributed by atoms with E-state index >= 15 is 0 Å². The van der Waals surface area contributed by atoms with Crippen molar-refractivity contribution in [3.63, 3.8) is 0 Å². The quantitative estimate of drug-likeness (QED) is 0.487. The summed E-state index contributed by atoms with van der Waals surface area (Å²) >= 11 is 0. The molecule has 0 bridgehead atoms. The van der Waals surface area contributed by atoms with Crippen LogP contribution in [0.2, 0.25) is 0 Å². The lowest BCUT2D eigenvalue weighted by Gasteiger charge is -2.05. The van der Waals surface area contributed by atoms with Gasteiger partial charge in [0.2, 0.25) is 0 Å². The molecule has 1 nitrogen and oxygen atoms in total. The average molecular weight is 246 g/mol. The number of rotatable bonds is 11. The number of ether oxygens (including phenoxy) is 1. The highest BCUT2D eigenvalue weighted by molar-refractivity contribution is 5.20. The van der Waals surface area contributed by atoms with Gasteiger partial charge in [-0.2, -0.15) is 0 Å². The van der Waals surface area contributed by atoms with Crippen molar-refractivity contribution in [2.45, 2.75) is 57.8 Å². The van der Waals surface area contributed by atoms with Crippen molar-refractivity contribution in [2.24, 2.45) is 0 Å². The van der Waals surface area contributed by atoms with Crippen LogP contribution in [-0.4, -0.2) is 6.61 Å². The van der Waals surface area contributed by atoms with Crippen LogP contribution in [0.4, 0.5) is 0 Å². The molecular weight excluding hydrogens is 220 g/mol. The summed E-state index contributed by atoms with van der Waals surface area (Å²) in [6.45, 7) is 4.70. The maximum atomic E-state index is 5.64. The van der Waals surface area contributed by atoms with Crippen LogP contribution in [0.3, 0.4) is 0 Å². The molecule has 2 radical (unpaired) electrons. The zero-order chi connectivity index (χ0) is 12.9. The lowest BCUT2D eigenvalue weighted by atomic mass is 10.1. The molecule has 0 aliphatic heterocycles. The van der Waals surface area contributed by atoms with Crippen LogP contribution in [0, 0.1) is 13.0 Å². The van der Waals surface area contributed by atoms with Gasteiger partial charge in [-0.1, -0.05) is 70.4 Å². The van der Waals surface area contributed by atoms with Gasteiger partial charge < -0.3 is 4.74 Å². The Balaban J connectivity index is 1.82. The van der Waals surface area contributed by atoms with E-state index in [2.05, 4.69) is 13.0 Å². The van der Waals surface area contributed by atoms with Gasteiger partial charge in [0.15, 0.2) is 0 Å². The summed E-state index contributed by atoms with van der Waals surface area (Å²) in [5.74, 6) is 0.960. The van der Waals surface area contributed by atoms with E-state index < -0.39 is 0 Å². The fourth-order valence-electron chi connectivity index (χ4n) is 2.00. The first-order valence-electron chi connectivity index (χ1n) is 7.31. The summed E-state index contributed by atoms with van der Waals surface area (Å²) in [6.07, 6.45) is 11.7. The minimum atomic E-state index is 0.839. The van der Waals surface area contributed by atoms with E-state index in [1.807, 2.05) is 24.3 Å². The molecular formula is C17H26O. The molecule has 0 aromatic heterocycles. The summed E-state index contributed by atoms with van der Waals surface area (Å²) in [5.41, 5.74) is 0. The fraction of sp³-hybridized carbons (Fsp3) is 0.588. The molecule has 0 N–H and O–H groups in total. The van der Waals surface area contributed by atoms with Crippen molar-refractivity contribution in [3.8, 4) is 5.75 Å². The molecule has 0 amide bonds. The van der Waals surface area contributed by atoms with Crippen LogP contribution in [0.1, 0.15) is 57.8 Å². The van der Waals surface area contributed by atoms with Crippen molar-refractivity contribution in [1.29, 1.82) is 0 Å². The van der Waals surface area contributed by atoms with Gasteiger partial charge in [-0.3, -0.25) is 0 Å². The molecule has 0 unspecified atom stereocenters. The lowest BCUT2D eigenvalue weighted by Crippen LogP contribution is -1.96. The van der Waals surface area contributed by atoms with Gasteiger partial charge in [0.25, 0.3) is 0 Å². The minimum Gasteiger partial charge on any atom is -0.494 e. The molecule has 0 saturated heterocycles. The molecule has 0 spiro atoms. The Morgan fingerprint density at radius 3 is 2.00 bits per heavy atom. The van der Waals surface area contributed by atoms with Crippen molar-refractivity contribution < 1.29 is 4.74 Å². The summed E-state index contributed by atoms with van der Waals surface area (Å²) < 4.78 is 5.64. The number of hydrogen-bond donors (Lipinski definition) is 0. The molecule has 1 rings (SSSR count). The van der Waals surface area contributed by atoms with E-state index in [-0.39, 0.29) is 0 Å². The Bertz CT molecular complexity index is 268. The Hall–Kier alpha value is -0.980. The fourth-order valence-corrected chi connectivity index (χ4v) is 2.00. The molecule has 100 valence electrons. The van der Waals surface area contributed by atoms with Crippen LogP contribution in [0.5, 0.6) is 5.75 Å². The van der Waals surface area contributed by atoms with Gasteiger partial charge in [-0.25, -0.2) is 0 Å². The summed E-state index contributed by atoms with van der Waals surface area (Å²) in [4.78, 5) is 0. The first-order chi connectivity index (χ1) is 8.93. The molecule has 0 fully saturated rings. The summed E-state index contributed by atoms with van der Waals surface area (Å²) in [5, 5.41) is 0. The zero-order valence-corrected chi connectivity index (χ0v) is 11.5. The average Bonchev–Trinajstić information content (AvgIpc) is 2.42. The molecule has 0 aliphatic rings. The SMILES string of the molecule is [CH2]CCCCCCCCCCOc1cc[c]cc1. The third kappa shape index (κ3) is 8.16. The maximum Gasteiger partial charge on any atom is 0.119 e. The van der Waals surface area contributed by atoms with Crippen LogP contribution in [0.25, 0.3) is 0 Å². The van der Waals surface area contributed by atoms with Crippen molar-refractivity contribution >= 4 is 0 Å². The second-order valence-electron chi connectivity index (χ2n) is 4.77. The molecule has 18 heavy (non-hydrogen) atoms. The Morgan fingerprint density at radius 1 is 0.833 bits per heavy atom. The smallest absolute Gasteiger partial charge is 0.119 e. The molecule has 0 saturated carbocycles. The van der Waals surface area contributed by atoms with E-state index in [0.717, 1.165) is 25.2 Å². The van der Waals surface area contributed by atoms with Crippen LogP contribution in [0.15, 0.2) is 24.3 Å². The maximum absolute atomic E-state index is 5.64. The normalized spacial score (nSPS) is 10.5. The van der Waals surface area contributed by atoms with Crippen LogP contribution < -0.4 is 4.74 Å². The first kappa shape index (κ1) is 15.1. The van der Waals surface area contributed by atoms with Gasteiger partial charge in [-0.05, 0) is 24.6 Å². The predicted molar refractivity (Wildman–Crippen MR) is 77.7 cm³/mol. The molecule has 0 heterocycles. The van der Waals surface area contributed by atoms with Crippen LogP contribution in [-0.2, 0) is 0 Å². The summed E-state index contributed by atoms with van der Waals surface area (Å²) in [7, 11) is 0. The van der Waals surface area contributed by atoms with Crippen molar-refractivity contribution in [3.05, 3.63) is 37.3 Å². The summed E-state index contributed by atoms with van der Waals surface area (Å²) in [6, 6.07) is 10.7. The largest absolute Gasteiger partial charge is 0.494 e. The van der Waals surface area contributed by atoms with Crippen molar-refractivity contribution in [2.75, 3.05) is 6.61 Å². The number of benzene rings is 1. The van der Waals surface area contributed by atoms with E-state index in [1.54, 1.807) is 0 Å². The Labute approximate surface area is 113 Å². The Kier molecular flexibility index (Phi) is 9.32. The standard InChI is InChI=1S/C17H26O/c1-2-3-4-5-6-7-8-9-13-16-18-17-14-11-10-12-15-17/h11-12,14-15H,1-9,13,16H2. The highest BCUT2D eigenvalue weighted by Crippen LogP contribution is 2.11. The number of hydrogen-bond acceptors (Lipinski definition) is 1. The third-order valence-electron chi connectivity index (χ3n) is 3.10. The van der Waals surface area contributed by atoms with Gasteiger partial charge >= 0.3 is 0 Å².